The van der Waals surface area contributed by atoms with Gasteiger partial charge in [-0.15, -0.1) is 0 Å². The second-order valence-corrected chi connectivity index (χ2v) is 5.93. The summed E-state index contributed by atoms with van der Waals surface area (Å²) in [5, 5.41) is 16.4. The van der Waals surface area contributed by atoms with E-state index in [1.807, 2.05) is 0 Å². The van der Waals surface area contributed by atoms with Crippen molar-refractivity contribution in [1.29, 1.82) is 10.7 Å². The zero-order chi connectivity index (χ0) is 18.4. The van der Waals surface area contributed by atoms with Gasteiger partial charge >= 0.3 is 6.16 Å². The summed E-state index contributed by atoms with van der Waals surface area (Å²) in [5.41, 5.74) is 5.81. The standard InChI is InChI=1S/C16H21N5O4/c1-10(2)24-15(22)23-8-16(7-17)6-5-13(25-16)11-3-4-12(21-11)14(19)20-9-18/h3-4,9-10,13,21H,5-6,8H2,1-2H3,(H3,18,19,20). The molecule has 0 bridgehead atoms. The molecule has 9 nitrogen and oxygen atoms in total. The average Bonchev–Trinajstić information content (AvgIpc) is 3.20. The zero-order valence-electron chi connectivity index (χ0n) is 14.1. The summed E-state index contributed by atoms with van der Waals surface area (Å²) in [5.74, 6) is 0.186. The van der Waals surface area contributed by atoms with Crippen molar-refractivity contribution in [2.75, 3.05) is 6.61 Å². The fraction of sp³-hybridized carbons (Fsp3) is 0.500. The Bertz CT molecular complexity index is 706. The fourth-order valence-electron chi connectivity index (χ4n) is 2.48. The third-order valence-corrected chi connectivity index (χ3v) is 3.67. The highest BCUT2D eigenvalue weighted by molar-refractivity contribution is 5.99. The van der Waals surface area contributed by atoms with Crippen LogP contribution in [0.2, 0.25) is 0 Å². The minimum atomic E-state index is -1.21. The largest absolute Gasteiger partial charge is 0.508 e. The predicted octanol–water partition coefficient (Wildman–Crippen LogP) is 2.00. The van der Waals surface area contributed by atoms with Crippen molar-refractivity contribution in [2.24, 2.45) is 10.7 Å². The summed E-state index contributed by atoms with van der Waals surface area (Å²) in [7, 11) is 0. The van der Waals surface area contributed by atoms with E-state index in [4.69, 9.17) is 25.4 Å². The van der Waals surface area contributed by atoms with Gasteiger partial charge in [0.15, 0.2) is 5.60 Å². The number of hydrogen-bond acceptors (Lipinski definition) is 6. The van der Waals surface area contributed by atoms with E-state index in [0.717, 1.165) is 12.0 Å². The monoisotopic (exact) mass is 347 g/mol. The van der Waals surface area contributed by atoms with Crippen molar-refractivity contribution in [3.63, 3.8) is 0 Å². The molecule has 0 aromatic carbocycles. The first-order chi connectivity index (χ1) is 11.9. The number of rotatable bonds is 6. The van der Waals surface area contributed by atoms with Crippen LogP contribution in [-0.2, 0) is 14.2 Å². The molecule has 2 unspecified atom stereocenters. The number of nitrogens with zero attached hydrogens (tertiary/aromatic N) is 2. The molecular formula is C16H21N5O4. The van der Waals surface area contributed by atoms with Gasteiger partial charge < -0.3 is 24.9 Å². The summed E-state index contributed by atoms with van der Waals surface area (Å²) >= 11 is 0. The number of hydrogen-bond donors (Lipinski definition) is 3. The van der Waals surface area contributed by atoms with Gasteiger partial charge in [-0.1, -0.05) is 0 Å². The number of nitriles is 1. The van der Waals surface area contributed by atoms with Crippen LogP contribution in [-0.4, -0.2) is 41.6 Å². The summed E-state index contributed by atoms with van der Waals surface area (Å²) in [6, 6.07) is 5.60. The Morgan fingerprint density at radius 1 is 1.68 bits per heavy atom. The van der Waals surface area contributed by atoms with Crippen LogP contribution < -0.4 is 5.73 Å². The lowest BCUT2D eigenvalue weighted by atomic mass is 10.0. The van der Waals surface area contributed by atoms with Crippen LogP contribution in [0.4, 0.5) is 4.79 Å². The second-order valence-electron chi connectivity index (χ2n) is 5.93. The van der Waals surface area contributed by atoms with Gasteiger partial charge in [-0.05, 0) is 38.8 Å². The number of aromatic amines is 1. The number of H-pyrrole nitrogens is 1. The van der Waals surface area contributed by atoms with E-state index in [1.165, 1.54) is 0 Å². The van der Waals surface area contributed by atoms with Crippen molar-refractivity contribution < 1.29 is 19.0 Å². The minimum absolute atomic E-state index is 0.186. The van der Waals surface area contributed by atoms with Crippen LogP contribution in [0.3, 0.4) is 0 Å². The van der Waals surface area contributed by atoms with Crippen LogP contribution in [0.25, 0.3) is 0 Å². The maximum atomic E-state index is 11.5. The molecule has 0 radical (unpaired) electrons. The molecule has 0 aliphatic carbocycles. The lowest BCUT2D eigenvalue weighted by Gasteiger charge is -2.21. The van der Waals surface area contributed by atoms with E-state index in [1.54, 1.807) is 26.0 Å². The molecule has 2 rings (SSSR count). The van der Waals surface area contributed by atoms with Gasteiger partial charge in [0.1, 0.15) is 24.9 Å². The van der Waals surface area contributed by atoms with E-state index in [-0.39, 0.29) is 24.7 Å². The molecule has 0 amide bonds. The maximum absolute atomic E-state index is 11.5. The Kier molecular flexibility index (Phi) is 5.77. The SMILES string of the molecule is CC(C)OC(=O)OCC1(C#N)CCC(c2ccc(C(N)=NC=N)[nH]2)O1. The maximum Gasteiger partial charge on any atom is 0.508 e. The quantitative estimate of drug-likeness (QED) is 0.407. The van der Waals surface area contributed by atoms with Crippen molar-refractivity contribution in [1.82, 2.24) is 4.98 Å². The first-order valence-electron chi connectivity index (χ1n) is 7.83. The molecule has 0 spiro atoms. The molecule has 2 atom stereocenters. The van der Waals surface area contributed by atoms with Gasteiger partial charge in [0, 0.05) is 5.69 Å². The number of carbonyl (C=O) groups is 1. The molecule has 1 aromatic rings. The first-order valence-corrected chi connectivity index (χ1v) is 7.83. The van der Waals surface area contributed by atoms with E-state index >= 15 is 0 Å². The van der Waals surface area contributed by atoms with Crippen LogP contribution >= 0.6 is 0 Å². The molecule has 1 aliphatic rings. The highest BCUT2D eigenvalue weighted by atomic mass is 16.7. The Hall–Kier alpha value is -2.86. The third-order valence-electron chi connectivity index (χ3n) is 3.67. The highest BCUT2D eigenvalue weighted by Gasteiger charge is 2.43. The predicted molar refractivity (Wildman–Crippen MR) is 89.3 cm³/mol. The van der Waals surface area contributed by atoms with E-state index in [0.29, 0.717) is 18.5 Å². The summed E-state index contributed by atoms with van der Waals surface area (Å²) in [6.45, 7) is 3.22. The Morgan fingerprint density at radius 3 is 3.08 bits per heavy atom. The number of aliphatic imine (C=N–C) groups is 1. The first kappa shape index (κ1) is 18.5. The van der Waals surface area contributed by atoms with Crippen LogP contribution in [0.5, 0.6) is 0 Å². The normalized spacial score (nSPS) is 23.3. The van der Waals surface area contributed by atoms with E-state index in [9.17, 15) is 10.1 Å². The van der Waals surface area contributed by atoms with Crippen molar-refractivity contribution in [2.45, 2.75) is 44.5 Å². The number of carbonyl (C=O) groups excluding carboxylic acids is 1. The van der Waals surface area contributed by atoms with Gasteiger partial charge in [0.25, 0.3) is 0 Å². The van der Waals surface area contributed by atoms with Gasteiger partial charge in [0.05, 0.1) is 17.9 Å². The summed E-state index contributed by atoms with van der Waals surface area (Å²) in [6.07, 6.45) is 0.378. The number of nitrogens with two attached hydrogens (primary N) is 1. The van der Waals surface area contributed by atoms with E-state index < -0.39 is 11.8 Å². The van der Waals surface area contributed by atoms with Crippen LogP contribution in [0.1, 0.15) is 44.2 Å². The molecular weight excluding hydrogens is 326 g/mol. The van der Waals surface area contributed by atoms with Gasteiger partial charge in [0.2, 0.25) is 0 Å². The van der Waals surface area contributed by atoms with Crippen molar-refractivity contribution in [3.8, 4) is 6.07 Å². The number of nitrogens with one attached hydrogen (secondary N) is 2. The van der Waals surface area contributed by atoms with Crippen LogP contribution in [0, 0.1) is 16.7 Å². The number of amidine groups is 1. The smallest absolute Gasteiger partial charge is 0.432 e. The molecule has 4 N–H and O–H groups in total. The van der Waals surface area contributed by atoms with Gasteiger partial charge in [-0.2, -0.15) is 5.26 Å². The molecule has 25 heavy (non-hydrogen) atoms. The second kappa shape index (κ2) is 7.81. The van der Waals surface area contributed by atoms with E-state index in [2.05, 4.69) is 16.0 Å². The lowest BCUT2D eigenvalue weighted by Crippen LogP contribution is -2.34. The molecule has 9 heteroatoms. The fourth-order valence-corrected chi connectivity index (χ4v) is 2.48. The number of aromatic nitrogens is 1. The van der Waals surface area contributed by atoms with Crippen molar-refractivity contribution in [3.05, 3.63) is 23.5 Å². The molecule has 1 saturated heterocycles. The van der Waals surface area contributed by atoms with Gasteiger partial charge in [-0.25, -0.2) is 9.79 Å². The highest BCUT2D eigenvalue weighted by Crippen LogP contribution is 2.39. The van der Waals surface area contributed by atoms with Gasteiger partial charge in [-0.3, -0.25) is 5.41 Å². The van der Waals surface area contributed by atoms with Crippen molar-refractivity contribution >= 4 is 18.3 Å². The lowest BCUT2D eigenvalue weighted by molar-refractivity contribution is -0.0580. The Labute approximate surface area is 145 Å². The zero-order valence-corrected chi connectivity index (χ0v) is 14.1. The summed E-state index contributed by atoms with van der Waals surface area (Å²) in [4.78, 5) is 18.3. The molecule has 134 valence electrons. The molecule has 0 saturated carbocycles. The Morgan fingerprint density at radius 2 is 2.44 bits per heavy atom. The summed E-state index contributed by atoms with van der Waals surface area (Å²) < 4.78 is 15.7. The molecule has 2 heterocycles. The molecule has 1 aliphatic heterocycles. The minimum Gasteiger partial charge on any atom is -0.432 e. The van der Waals surface area contributed by atoms with Crippen LogP contribution in [0.15, 0.2) is 17.1 Å². The molecule has 1 aromatic heterocycles. The Balaban J connectivity index is 2.01. The average molecular weight is 347 g/mol. The third kappa shape index (κ3) is 4.58. The number of ether oxygens (including phenoxy) is 3. The molecule has 1 fully saturated rings. The topological polar surface area (TPSA) is 147 Å².